The Morgan fingerprint density at radius 3 is 2.50 bits per heavy atom. The van der Waals surface area contributed by atoms with Crippen molar-refractivity contribution in [2.24, 2.45) is 0 Å². The Labute approximate surface area is 143 Å². The minimum Gasteiger partial charge on any atom is -0.348 e. The second-order valence-corrected chi connectivity index (χ2v) is 8.92. The van der Waals surface area contributed by atoms with Crippen LogP contribution >= 0.6 is 0 Å². The quantitative estimate of drug-likeness (QED) is 0.724. The van der Waals surface area contributed by atoms with E-state index < -0.39 is 9.84 Å². The molecule has 1 aromatic rings. The van der Waals surface area contributed by atoms with E-state index in [4.69, 9.17) is 0 Å². The van der Waals surface area contributed by atoms with Crippen molar-refractivity contribution < 1.29 is 13.2 Å². The van der Waals surface area contributed by atoms with Crippen LogP contribution in [0, 0.1) is 0 Å². The van der Waals surface area contributed by atoms with Crippen LogP contribution in [0.3, 0.4) is 0 Å². The number of sulfone groups is 1. The summed E-state index contributed by atoms with van der Waals surface area (Å²) in [6.45, 7) is 2.37. The first kappa shape index (κ1) is 17.3. The lowest BCUT2D eigenvalue weighted by Crippen LogP contribution is -2.60. The minimum atomic E-state index is -3.07. The van der Waals surface area contributed by atoms with Crippen LogP contribution in [-0.2, 0) is 21.2 Å². The number of nitrogens with zero attached hydrogens (tertiary/aromatic N) is 4. The van der Waals surface area contributed by atoms with Crippen molar-refractivity contribution in [3.63, 3.8) is 0 Å². The van der Waals surface area contributed by atoms with E-state index in [1.165, 1.54) is 0 Å². The van der Waals surface area contributed by atoms with Crippen molar-refractivity contribution in [3.05, 3.63) is 30.1 Å². The molecule has 2 fully saturated rings. The zero-order chi connectivity index (χ0) is 17.3. The molecule has 0 aromatic carbocycles. The van der Waals surface area contributed by atoms with Crippen LogP contribution in [0.4, 0.5) is 0 Å². The monoisotopic (exact) mass is 352 g/mol. The topological polar surface area (TPSA) is 73.8 Å². The summed E-state index contributed by atoms with van der Waals surface area (Å²) < 4.78 is 24.4. The molecule has 2 saturated heterocycles. The maximum Gasteiger partial charge on any atom is 0.236 e. The average Bonchev–Trinajstić information content (AvgIpc) is 2.86. The standard InChI is InChI=1S/C16H24N4O3S/c1-18(2)16(21)10-20-8-7-19(9-13-5-3-4-6-17-13)14-11-24(22,23)12-15(14)20/h3-6,14-15H,7-12H2,1-2H3/t14-,15+/m0/s1. The van der Waals surface area contributed by atoms with Gasteiger partial charge in [0, 0.05) is 52.0 Å². The number of piperazine rings is 1. The summed E-state index contributed by atoms with van der Waals surface area (Å²) in [5, 5.41) is 0. The molecule has 8 heteroatoms. The second kappa shape index (κ2) is 6.78. The van der Waals surface area contributed by atoms with Gasteiger partial charge < -0.3 is 4.90 Å². The largest absolute Gasteiger partial charge is 0.348 e. The van der Waals surface area contributed by atoms with Crippen molar-refractivity contribution in [2.45, 2.75) is 18.6 Å². The Morgan fingerprint density at radius 1 is 1.21 bits per heavy atom. The van der Waals surface area contributed by atoms with E-state index in [9.17, 15) is 13.2 Å². The van der Waals surface area contributed by atoms with E-state index in [2.05, 4.69) is 9.88 Å². The molecule has 1 aromatic heterocycles. The summed E-state index contributed by atoms with van der Waals surface area (Å²) in [5.41, 5.74) is 0.943. The first-order chi connectivity index (χ1) is 11.4. The van der Waals surface area contributed by atoms with Crippen LogP contribution in [0.5, 0.6) is 0 Å². The summed E-state index contributed by atoms with van der Waals surface area (Å²) >= 11 is 0. The predicted molar refractivity (Wildman–Crippen MR) is 91.1 cm³/mol. The molecular formula is C16H24N4O3S. The molecule has 7 nitrogen and oxygen atoms in total. The Hall–Kier alpha value is -1.51. The number of hydrogen-bond acceptors (Lipinski definition) is 6. The van der Waals surface area contributed by atoms with Gasteiger partial charge in [-0.1, -0.05) is 6.07 Å². The summed E-state index contributed by atoms with van der Waals surface area (Å²) in [5.74, 6) is 0.310. The lowest BCUT2D eigenvalue weighted by Gasteiger charge is -2.43. The van der Waals surface area contributed by atoms with Crippen LogP contribution in [0.2, 0.25) is 0 Å². The SMILES string of the molecule is CN(C)C(=O)CN1CCN(Cc2ccccn2)[C@H]2CS(=O)(=O)C[C@H]21. The fourth-order valence-corrected chi connectivity index (χ4v) is 5.55. The number of likely N-dealkylation sites (N-methyl/N-ethyl adjacent to an activating group) is 1. The molecule has 0 spiro atoms. The molecule has 2 atom stereocenters. The second-order valence-electron chi connectivity index (χ2n) is 6.76. The van der Waals surface area contributed by atoms with Crippen molar-refractivity contribution >= 4 is 15.7 Å². The fraction of sp³-hybridized carbons (Fsp3) is 0.625. The number of fused-ring (bicyclic) bond motifs is 1. The van der Waals surface area contributed by atoms with Gasteiger partial charge in [-0.15, -0.1) is 0 Å². The van der Waals surface area contributed by atoms with E-state index >= 15 is 0 Å². The van der Waals surface area contributed by atoms with Gasteiger partial charge in [-0.2, -0.15) is 0 Å². The number of pyridine rings is 1. The molecular weight excluding hydrogens is 328 g/mol. The van der Waals surface area contributed by atoms with Crippen molar-refractivity contribution in [1.29, 1.82) is 0 Å². The molecule has 0 saturated carbocycles. The van der Waals surface area contributed by atoms with Gasteiger partial charge in [0.15, 0.2) is 9.84 Å². The summed E-state index contributed by atoms with van der Waals surface area (Å²) in [6, 6.07) is 5.59. The van der Waals surface area contributed by atoms with Crippen molar-refractivity contribution in [2.75, 3.05) is 45.2 Å². The highest BCUT2D eigenvalue weighted by Gasteiger charge is 2.46. The Bertz CT molecular complexity index is 693. The number of aromatic nitrogens is 1. The molecule has 3 heterocycles. The lowest BCUT2D eigenvalue weighted by molar-refractivity contribution is -0.131. The van der Waals surface area contributed by atoms with Gasteiger partial charge in [0.1, 0.15) is 0 Å². The minimum absolute atomic E-state index is 0.0104. The molecule has 0 bridgehead atoms. The van der Waals surface area contributed by atoms with Crippen LogP contribution in [-0.4, -0.2) is 91.3 Å². The van der Waals surface area contributed by atoms with Crippen LogP contribution in [0.1, 0.15) is 5.69 Å². The van der Waals surface area contributed by atoms with E-state index in [-0.39, 0.29) is 36.0 Å². The first-order valence-electron chi connectivity index (χ1n) is 8.14. The summed E-state index contributed by atoms with van der Waals surface area (Å²) in [7, 11) is 0.378. The van der Waals surface area contributed by atoms with Gasteiger partial charge in [0.05, 0.1) is 23.7 Å². The van der Waals surface area contributed by atoms with Crippen molar-refractivity contribution in [3.8, 4) is 0 Å². The third-order valence-electron chi connectivity index (χ3n) is 4.83. The smallest absolute Gasteiger partial charge is 0.236 e. The van der Waals surface area contributed by atoms with E-state index in [1.807, 2.05) is 23.1 Å². The fourth-order valence-electron chi connectivity index (χ4n) is 3.50. The molecule has 132 valence electrons. The highest BCUT2D eigenvalue weighted by Crippen LogP contribution is 2.27. The highest BCUT2D eigenvalue weighted by molar-refractivity contribution is 7.91. The number of hydrogen-bond donors (Lipinski definition) is 0. The maximum absolute atomic E-state index is 12.2. The highest BCUT2D eigenvalue weighted by atomic mass is 32.2. The van der Waals surface area contributed by atoms with Crippen molar-refractivity contribution in [1.82, 2.24) is 19.7 Å². The summed E-state index contributed by atoms with van der Waals surface area (Å²) in [4.78, 5) is 22.2. The normalized spacial score (nSPS) is 26.9. The zero-order valence-electron chi connectivity index (χ0n) is 14.1. The van der Waals surface area contributed by atoms with Gasteiger partial charge >= 0.3 is 0 Å². The Balaban J connectivity index is 1.76. The lowest BCUT2D eigenvalue weighted by atomic mass is 10.0. The molecule has 0 radical (unpaired) electrons. The molecule has 2 aliphatic heterocycles. The van der Waals surface area contributed by atoms with Gasteiger partial charge in [-0.3, -0.25) is 19.6 Å². The van der Waals surface area contributed by atoms with E-state index in [0.29, 0.717) is 13.1 Å². The number of carbonyl (C=O) groups is 1. The molecule has 0 N–H and O–H groups in total. The summed E-state index contributed by atoms with van der Waals surface area (Å²) in [6.07, 6.45) is 1.75. The molecule has 0 aliphatic carbocycles. The number of rotatable bonds is 4. The molecule has 2 aliphatic rings. The van der Waals surface area contributed by atoms with E-state index in [0.717, 1.165) is 12.2 Å². The maximum atomic E-state index is 12.2. The van der Waals surface area contributed by atoms with Gasteiger partial charge in [-0.25, -0.2) is 8.42 Å². The predicted octanol–water partition coefficient (Wildman–Crippen LogP) is -0.547. The van der Waals surface area contributed by atoms with Crippen LogP contribution in [0.25, 0.3) is 0 Å². The number of amides is 1. The third kappa shape index (κ3) is 3.76. The van der Waals surface area contributed by atoms with Crippen LogP contribution < -0.4 is 0 Å². The van der Waals surface area contributed by atoms with Gasteiger partial charge in [-0.05, 0) is 12.1 Å². The molecule has 3 rings (SSSR count). The molecule has 0 unspecified atom stereocenters. The Morgan fingerprint density at radius 2 is 1.88 bits per heavy atom. The van der Waals surface area contributed by atoms with Gasteiger partial charge in [0.2, 0.25) is 5.91 Å². The zero-order valence-corrected chi connectivity index (χ0v) is 14.9. The molecule has 1 amide bonds. The van der Waals surface area contributed by atoms with Crippen LogP contribution in [0.15, 0.2) is 24.4 Å². The average molecular weight is 352 g/mol. The van der Waals surface area contributed by atoms with E-state index in [1.54, 1.807) is 25.2 Å². The third-order valence-corrected chi connectivity index (χ3v) is 6.53. The van der Waals surface area contributed by atoms with Gasteiger partial charge in [0.25, 0.3) is 0 Å². The Kier molecular flexibility index (Phi) is 4.89. The first-order valence-corrected chi connectivity index (χ1v) is 9.96. The molecule has 24 heavy (non-hydrogen) atoms. The number of carbonyl (C=O) groups excluding carboxylic acids is 1.